The van der Waals surface area contributed by atoms with Gasteiger partial charge in [-0.25, -0.2) is 0 Å². The van der Waals surface area contributed by atoms with Crippen LogP contribution in [0, 0.1) is 13.1 Å². The van der Waals surface area contributed by atoms with Crippen LogP contribution in [0.2, 0.25) is 0 Å². The Labute approximate surface area is 185 Å². The summed E-state index contributed by atoms with van der Waals surface area (Å²) in [6, 6.07) is 4.54. The van der Waals surface area contributed by atoms with Crippen LogP contribution >= 0.6 is 45.2 Å². The molecule has 1 heterocycles. The Bertz CT molecular complexity index is 617. The Morgan fingerprint density at radius 2 is 1.50 bits per heavy atom. The topological polar surface area (TPSA) is 27.7 Å². The highest BCUT2D eigenvalue weighted by atomic mass is 127. The van der Waals surface area contributed by atoms with Gasteiger partial charge >= 0.3 is 7.12 Å². The van der Waals surface area contributed by atoms with Gasteiger partial charge in [-0.2, -0.15) is 0 Å². The molecule has 144 valence electrons. The SMILES string of the molecule is COc1c(I)cc(C(B2OC(C)(C)C(C)(C)O2)C2CCCCC2)cc1I. The molecule has 1 aliphatic carbocycles. The van der Waals surface area contributed by atoms with Gasteiger partial charge in [0.2, 0.25) is 0 Å². The second-order valence-corrected chi connectivity index (χ2v) is 10.9. The maximum absolute atomic E-state index is 6.51. The van der Waals surface area contributed by atoms with Crippen LogP contribution in [0.25, 0.3) is 0 Å². The van der Waals surface area contributed by atoms with Gasteiger partial charge in [-0.15, -0.1) is 0 Å². The zero-order valence-electron chi connectivity index (χ0n) is 16.4. The predicted octanol–water partition coefficient (Wildman–Crippen LogP) is 6.20. The van der Waals surface area contributed by atoms with Crippen molar-refractivity contribution in [1.29, 1.82) is 0 Å². The first-order chi connectivity index (χ1) is 12.2. The summed E-state index contributed by atoms with van der Waals surface area (Å²) >= 11 is 4.76. The molecule has 0 aromatic heterocycles. The minimum Gasteiger partial charge on any atom is -0.495 e. The van der Waals surface area contributed by atoms with Gasteiger partial charge in [-0.05, 0) is 96.5 Å². The molecule has 0 spiro atoms. The Kier molecular flexibility index (Phi) is 6.57. The minimum absolute atomic E-state index is 0.192. The summed E-state index contributed by atoms with van der Waals surface area (Å²) < 4.78 is 20.9. The second-order valence-electron chi connectivity index (χ2n) is 8.57. The molecular weight excluding hydrogens is 553 g/mol. The first kappa shape index (κ1) is 21.2. The van der Waals surface area contributed by atoms with Crippen LogP contribution in [-0.2, 0) is 9.31 Å². The summed E-state index contributed by atoms with van der Waals surface area (Å²) in [5.74, 6) is 1.84. The lowest BCUT2D eigenvalue weighted by Crippen LogP contribution is -2.41. The molecule has 1 aromatic rings. The summed E-state index contributed by atoms with van der Waals surface area (Å²) in [5, 5.41) is 0. The fourth-order valence-corrected chi connectivity index (χ4v) is 6.40. The summed E-state index contributed by atoms with van der Waals surface area (Å²) in [6.45, 7) is 8.58. The number of rotatable bonds is 4. The number of ether oxygens (including phenoxy) is 1. The van der Waals surface area contributed by atoms with E-state index < -0.39 is 0 Å². The van der Waals surface area contributed by atoms with Crippen molar-refractivity contribution >= 4 is 52.3 Å². The number of benzene rings is 1. The molecule has 6 heteroatoms. The molecule has 1 unspecified atom stereocenters. The minimum atomic E-state index is -0.294. The third kappa shape index (κ3) is 4.08. The van der Waals surface area contributed by atoms with E-state index in [0.29, 0.717) is 5.92 Å². The van der Waals surface area contributed by atoms with Crippen LogP contribution in [0.3, 0.4) is 0 Å². The molecule has 0 amide bonds. The zero-order valence-corrected chi connectivity index (χ0v) is 20.7. The van der Waals surface area contributed by atoms with Crippen molar-refractivity contribution in [2.45, 2.75) is 76.8 Å². The van der Waals surface area contributed by atoms with Crippen LogP contribution in [-0.4, -0.2) is 25.4 Å². The maximum atomic E-state index is 6.51. The van der Waals surface area contributed by atoms with E-state index in [1.165, 1.54) is 37.7 Å². The molecule has 2 fully saturated rings. The van der Waals surface area contributed by atoms with Crippen molar-refractivity contribution in [2.24, 2.45) is 5.92 Å². The van der Waals surface area contributed by atoms with Gasteiger partial charge in [0.05, 0.1) is 25.5 Å². The van der Waals surface area contributed by atoms with E-state index in [1.54, 1.807) is 7.11 Å². The molecule has 3 rings (SSSR count). The van der Waals surface area contributed by atoms with Crippen molar-refractivity contribution < 1.29 is 14.0 Å². The van der Waals surface area contributed by atoms with Crippen LogP contribution in [0.4, 0.5) is 0 Å². The van der Waals surface area contributed by atoms with Gasteiger partial charge in [0.25, 0.3) is 0 Å². The first-order valence-corrected chi connectivity index (χ1v) is 11.7. The monoisotopic (exact) mass is 582 g/mol. The van der Waals surface area contributed by atoms with Crippen molar-refractivity contribution in [3.63, 3.8) is 0 Å². The average Bonchev–Trinajstić information content (AvgIpc) is 2.76. The molecule has 1 aromatic carbocycles. The van der Waals surface area contributed by atoms with Gasteiger partial charge in [-0.1, -0.05) is 32.1 Å². The average molecular weight is 582 g/mol. The Hall–Kier alpha value is 0.465. The van der Waals surface area contributed by atoms with Crippen molar-refractivity contribution in [1.82, 2.24) is 0 Å². The third-order valence-electron chi connectivity index (χ3n) is 6.33. The van der Waals surface area contributed by atoms with Gasteiger partial charge < -0.3 is 14.0 Å². The Balaban J connectivity index is 2.00. The second kappa shape index (κ2) is 8.07. The van der Waals surface area contributed by atoms with E-state index in [-0.39, 0.29) is 24.1 Å². The van der Waals surface area contributed by atoms with Gasteiger partial charge in [0.15, 0.2) is 0 Å². The maximum Gasteiger partial charge on any atom is 0.466 e. The van der Waals surface area contributed by atoms with Crippen LogP contribution in [0.15, 0.2) is 12.1 Å². The zero-order chi connectivity index (χ0) is 19.1. The number of hydrogen-bond donors (Lipinski definition) is 0. The largest absolute Gasteiger partial charge is 0.495 e. The highest BCUT2D eigenvalue weighted by Crippen LogP contribution is 2.47. The van der Waals surface area contributed by atoms with Crippen LogP contribution < -0.4 is 4.74 Å². The fraction of sp³-hybridized carbons (Fsp3) is 0.700. The molecule has 1 saturated heterocycles. The van der Waals surface area contributed by atoms with Crippen molar-refractivity contribution in [3.8, 4) is 5.75 Å². The molecule has 1 saturated carbocycles. The number of methoxy groups -OCH3 is 1. The Morgan fingerprint density at radius 3 is 1.96 bits per heavy atom. The summed E-state index contributed by atoms with van der Waals surface area (Å²) in [7, 11) is 1.55. The summed E-state index contributed by atoms with van der Waals surface area (Å²) in [4.78, 5) is 0. The quantitative estimate of drug-likeness (QED) is 0.313. The van der Waals surface area contributed by atoms with Crippen molar-refractivity contribution in [2.75, 3.05) is 7.11 Å². The number of halogens is 2. The summed E-state index contributed by atoms with van der Waals surface area (Å²) in [6.07, 6.45) is 6.49. The number of hydrogen-bond acceptors (Lipinski definition) is 3. The normalized spacial score (nSPS) is 23.9. The summed E-state index contributed by atoms with van der Waals surface area (Å²) in [5.41, 5.74) is 0.736. The first-order valence-electron chi connectivity index (χ1n) is 9.55. The van der Waals surface area contributed by atoms with E-state index in [4.69, 9.17) is 14.0 Å². The molecule has 1 aliphatic heterocycles. The third-order valence-corrected chi connectivity index (χ3v) is 7.93. The molecule has 26 heavy (non-hydrogen) atoms. The highest BCUT2D eigenvalue weighted by Gasteiger charge is 2.55. The lowest BCUT2D eigenvalue weighted by molar-refractivity contribution is 0.00578. The van der Waals surface area contributed by atoms with Gasteiger partial charge in [0.1, 0.15) is 5.75 Å². The van der Waals surface area contributed by atoms with Crippen LogP contribution in [0.1, 0.15) is 71.2 Å². The molecule has 0 N–H and O–H groups in total. The smallest absolute Gasteiger partial charge is 0.466 e. The lowest BCUT2D eigenvalue weighted by atomic mass is 9.58. The molecular formula is C20H29BI2O3. The predicted molar refractivity (Wildman–Crippen MR) is 124 cm³/mol. The molecule has 1 atom stereocenters. The van der Waals surface area contributed by atoms with Gasteiger partial charge in [-0.3, -0.25) is 0 Å². The molecule has 3 nitrogen and oxygen atoms in total. The van der Waals surface area contributed by atoms with E-state index in [9.17, 15) is 0 Å². The van der Waals surface area contributed by atoms with Crippen LogP contribution in [0.5, 0.6) is 5.75 Å². The molecule has 0 radical (unpaired) electrons. The fourth-order valence-electron chi connectivity index (χ4n) is 4.15. The standard InChI is InChI=1S/C20H29BI2O3/c1-19(2)20(3,4)26-21(25-19)17(13-9-7-6-8-10-13)14-11-15(22)18(24-5)16(23)12-14/h11-13,17H,6-10H2,1-5H3. The lowest BCUT2D eigenvalue weighted by Gasteiger charge is -2.32. The molecule has 0 bridgehead atoms. The highest BCUT2D eigenvalue weighted by molar-refractivity contribution is 14.1. The van der Waals surface area contributed by atoms with E-state index in [2.05, 4.69) is 85.0 Å². The van der Waals surface area contributed by atoms with E-state index in [0.717, 1.165) is 12.9 Å². The van der Waals surface area contributed by atoms with E-state index >= 15 is 0 Å². The molecule has 2 aliphatic rings. The van der Waals surface area contributed by atoms with Crippen molar-refractivity contribution in [3.05, 3.63) is 24.8 Å². The van der Waals surface area contributed by atoms with Gasteiger partial charge in [0, 0.05) is 5.82 Å². The van der Waals surface area contributed by atoms with E-state index in [1.807, 2.05) is 0 Å². The Morgan fingerprint density at radius 1 is 1.00 bits per heavy atom.